The van der Waals surface area contributed by atoms with E-state index in [0.717, 1.165) is 15.8 Å². The first-order valence-electron chi connectivity index (χ1n) is 13.3. The molecule has 3 aromatic heterocycles. The van der Waals surface area contributed by atoms with Gasteiger partial charge in [0.05, 0.1) is 17.6 Å². The number of carbonyl (C=O) groups is 3. The molecule has 0 aliphatic carbocycles. The molecule has 15 nitrogen and oxygen atoms in total. The Labute approximate surface area is 251 Å². The number of amides is 2. The number of piperidine rings is 1. The number of hydrogen-bond acceptors (Lipinski definition) is 10. The average molecular weight is 652 g/mol. The molecule has 6 rings (SSSR count). The van der Waals surface area contributed by atoms with Crippen LogP contribution in [0.2, 0.25) is 0 Å². The molecule has 238 valence electrons. The lowest BCUT2D eigenvalue weighted by molar-refractivity contribution is -0.126. The number of rotatable bonds is 3. The number of halogens is 3. The Balaban J connectivity index is 1.59. The van der Waals surface area contributed by atoms with Crippen molar-refractivity contribution < 1.29 is 50.0 Å². The number of benzene rings is 1. The number of hydrogen-bond donors (Lipinski definition) is 2. The third-order valence-electron chi connectivity index (χ3n) is 7.44. The zero-order chi connectivity index (χ0) is 32.7. The molecule has 0 radical (unpaired) electrons. The molecule has 1 spiro atoms. The molecule has 0 bridgehead atoms. The smallest absolute Gasteiger partial charge is 0.465 e. The van der Waals surface area contributed by atoms with Crippen LogP contribution in [0.15, 0.2) is 30.7 Å². The number of aromatic nitrogens is 5. The van der Waals surface area contributed by atoms with Crippen molar-refractivity contribution in [1.82, 2.24) is 34.3 Å². The summed E-state index contributed by atoms with van der Waals surface area (Å²) in [6.45, 7) is 4.71. The fraction of sp³-hybridized carbons (Fsp3) is 0.385. The first-order valence-corrected chi connectivity index (χ1v) is 14.7. The fourth-order valence-electron chi connectivity index (χ4n) is 5.61. The van der Waals surface area contributed by atoms with Crippen LogP contribution >= 0.6 is 0 Å². The number of fused-ring (bicyclic) bond motifs is 5. The van der Waals surface area contributed by atoms with Crippen LogP contribution in [0.5, 0.6) is 5.75 Å². The van der Waals surface area contributed by atoms with Crippen LogP contribution in [0.1, 0.15) is 39.4 Å². The molecule has 1 atom stereocenters. The van der Waals surface area contributed by atoms with Gasteiger partial charge in [0.2, 0.25) is 5.91 Å². The Morgan fingerprint density at radius 2 is 1.87 bits per heavy atom. The van der Waals surface area contributed by atoms with Gasteiger partial charge in [-0.1, -0.05) is 0 Å². The van der Waals surface area contributed by atoms with Gasteiger partial charge < -0.3 is 23.9 Å². The Hall–Kier alpha value is -4.94. The average Bonchev–Trinajstić information content (AvgIpc) is 3.59. The molecule has 1 saturated heterocycles. The zero-order valence-electron chi connectivity index (χ0n) is 23.7. The van der Waals surface area contributed by atoms with Crippen molar-refractivity contribution in [3.63, 3.8) is 0 Å². The van der Waals surface area contributed by atoms with E-state index in [2.05, 4.69) is 20.3 Å². The third kappa shape index (κ3) is 4.77. The molecule has 0 unspecified atom stereocenters. The van der Waals surface area contributed by atoms with E-state index in [0.29, 0.717) is 0 Å². The molecule has 1 aromatic carbocycles. The van der Waals surface area contributed by atoms with Crippen molar-refractivity contribution in [2.24, 2.45) is 0 Å². The molecule has 45 heavy (non-hydrogen) atoms. The minimum absolute atomic E-state index is 0.00980. The van der Waals surface area contributed by atoms with E-state index in [9.17, 15) is 41.1 Å². The zero-order valence-corrected chi connectivity index (χ0v) is 24.6. The standard InChI is InChI=1S/C26H24F3N7O8S/c1-24(2,3)43-23(40)34-9-6-14-17(31-11-32-20(14)34)13-4-5-15-18(19(13)44-45(41,42)26(27,28)29)33-21-25(7-8-30-16(37)10-25)36(22(38)39)12-35(15)21/h4-6,9,11H,7-8,10,12H2,1-3H3,(H,30,37)(H,38,39)/t25-/m1/s1. The molecule has 2 N–H and O–H groups in total. The number of alkyl halides is 3. The van der Waals surface area contributed by atoms with Crippen molar-refractivity contribution in [1.29, 1.82) is 0 Å². The molecule has 2 aliphatic heterocycles. The Kier molecular flexibility index (Phi) is 6.54. The highest BCUT2D eigenvalue weighted by Crippen LogP contribution is 2.47. The maximum Gasteiger partial charge on any atom is 0.534 e. The van der Waals surface area contributed by atoms with Crippen LogP contribution in [-0.4, -0.2) is 78.3 Å². The highest BCUT2D eigenvalue weighted by molar-refractivity contribution is 7.88. The lowest BCUT2D eigenvalue weighted by Crippen LogP contribution is -2.52. The van der Waals surface area contributed by atoms with Crippen LogP contribution in [0.3, 0.4) is 0 Å². The van der Waals surface area contributed by atoms with Crippen LogP contribution < -0.4 is 9.50 Å². The summed E-state index contributed by atoms with van der Waals surface area (Å²) in [5.41, 5.74) is -8.78. The second-order valence-corrected chi connectivity index (χ2v) is 13.0. The summed E-state index contributed by atoms with van der Waals surface area (Å²) in [6.07, 6.45) is -0.0391. The van der Waals surface area contributed by atoms with Crippen LogP contribution in [0.4, 0.5) is 22.8 Å². The van der Waals surface area contributed by atoms with E-state index in [1.54, 1.807) is 20.8 Å². The van der Waals surface area contributed by atoms with E-state index < -0.39 is 50.6 Å². The molecule has 4 aromatic rings. The quantitative estimate of drug-likeness (QED) is 0.244. The van der Waals surface area contributed by atoms with Crippen molar-refractivity contribution >= 4 is 50.3 Å². The van der Waals surface area contributed by atoms with Crippen molar-refractivity contribution in [3.05, 3.63) is 36.5 Å². The van der Waals surface area contributed by atoms with Crippen molar-refractivity contribution in [2.45, 2.75) is 56.9 Å². The summed E-state index contributed by atoms with van der Waals surface area (Å²) in [4.78, 5) is 51.2. The van der Waals surface area contributed by atoms with Gasteiger partial charge in [-0.3, -0.25) is 9.69 Å². The number of carboxylic acid groups (broad SMARTS) is 1. The van der Waals surface area contributed by atoms with Gasteiger partial charge in [0.1, 0.15) is 35.5 Å². The summed E-state index contributed by atoms with van der Waals surface area (Å²) in [5.74, 6) is -1.28. The second kappa shape index (κ2) is 9.78. The lowest BCUT2D eigenvalue weighted by atomic mass is 9.86. The Morgan fingerprint density at radius 1 is 1.13 bits per heavy atom. The van der Waals surface area contributed by atoms with E-state index in [1.807, 2.05) is 0 Å². The monoisotopic (exact) mass is 651 g/mol. The third-order valence-corrected chi connectivity index (χ3v) is 8.39. The molecule has 5 heterocycles. The Bertz CT molecular complexity index is 2030. The maximum absolute atomic E-state index is 13.6. The van der Waals surface area contributed by atoms with Crippen molar-refractivity contribution in [2.75, 3.05) is 6.54 Å². The van der Waals surface area contributed by atoms with Gasteiger partial charge in [0.15, 0.2) is 11.4 Å². The predicted molar refractivity (Wildman–Crippen MR) is 147 cm³/mol. The summed E-state index contributed by atoms with van der Waals surface area (Å²) in [6, 6.07) is 4.04. The number of imidazole rings is 1. The number of ether oxygens (including phenoxy) is 1. The minimum Gasteiger partial charge on any atom is -0.465 e. The molecule has 2 amide bonds. The summed E-state index contributed by atoms with van der Waals surface area (Å²) < 4.78 is 78.2. The van der Waals surface area contributed by atoms with Gasteiger partial charge in [-0.05, 0) is 45.4 Å². The van der Waals surface area contributed by atoms with Gasteiger partial charge in [-0.15, -0.1) is 0 Å². The molecule has 19 heteroatoms. The first kappa shape index (κ1) is 30.1. The molecule has 1 fully saturated rings. The summed E-state index contributed by atoms with van der Waals surface area (Å²) in [7, 11) is -6.25. The van der Waals surface area contributed by atoms with Gasteiger partial charge >= 0.3 is 27.8 Å². The summed E-state index contributed by atoms with van der Waals surface area (Å²) in [5, 5.41) is 12.7. The molecule has 2 aliphatic rings. The minimum atomic E-state index is -6.25. The molecule has 0 saturated carbocycles. The van der Waals surface area contributed by atoms with Crippen LogP contribution in [-0.2, 0) is 31.9 Å². The topological polar surface area (TPSA) is 188 Å². The van der Waals surface area contributed by atoms with E-state index in [-0.39, 0.29) is 65.2 Å². The first-order chi connectivity index (χ1) is 20.9. The molecular formula is C26H24F3N7O8S. The normalized spacial score (nSPS) is 18.8. The highest BCUT2D eigenvalue weighted by atomic mass is 32.2. The fourth-order valence-corrected chi connectivity index (χ4v) is 6.09. The van der Waals surface area contributed by atoms with E-state index in [4.69, 9.17) is 8.92 Å². The van der Waals surface area contributed by atoms with E-state index in [1.165, 1.54) is 29.0 Å². The van der Waals surface area contributed by atoms with Gasteiger partial charge in [-0.25, -0.2) is 29.1 Å². The highest BCUT2D eigenvalue weighted by Gasteiger charge is 2.54. The lowest BCUT2D eigenvalue weighted by Gasteiger charge is -2.37. The van der Waals surface area contributed by atoms with Crippen LogP contribution in [0, 0.1) is 0 Å². The van der Waals surface area contributed by atoms with Crippen molar-refractivity contribution in [3.8, 4) is 17.0 Å². The van der Waals surface area contributed by atoms with Gasteiger partial charge in [-0.2, -0.15) is 21.6 Å². The SMILES string of the molecule is CC(C)(C)OC(=O)n1ccc2c(-c3ccc4c(nc5n4CN(C(=O)O)[C@@]54CCNC(=O)C4)c3OS(=O)(=O)C(F)(F)F)ncnc21. The summed E-state index contributed by atoms with van der Waals surface area (Å²) >= 11 is 0. The predicted octanol–water partition coefficient (Wildman–Crippen LogP) is 3.52. The second-order valence-electron chi connectivity index (χ2n) is 11.4. The van der Waals surface area contributed by atoms with Gasteiger partial charge in [0.25, 0.3) is 0 Å². The molecular weight excluding hydrogens is 627 g/mol. The van der Waals surface area contributed by atoms with E-state index >= 15 is 0 Å². The maximum atomic E-state index is 13.6. The number of nitrogens with zero attached hydrogens (tertiary/aromatic N) is 6. The Morgan fingerprint density at radius 3 is 2.51 bits per heavy atom. The van der Waals surface area contributed by atoms with Gasteiger partial charge in [0, 0.05) is 23.7 Å². The van der Waals surface area contributed by atoms with Crippen LogP contribution in [0.25, 0.3) is 33.3 Å². The number of nitrogens with one attached hydrogen (secondary N) is 1. The largest absolute Gasteiger partial charge is 0.534 e. The number of carbonyl (C=O) groups excluding carboxylic acids is 2.